The second-order valence-corrected chi connectivity index (χ2v) is 6.00. The van der Waals surface area contributed by atoms with Crippen LogP contribution in [0.2, 0.25) is 0 Å². The molecule has 0 saturated heterocycles. The first-order valence-electron chi connectivity index (χ1n) is 7.69. The number of benzene rings is 1. The zero-order chi connectivity index (χ0) is 16.4. The normalized spacial score (nSPS) is 22.3. The van der Waals surface area contributed by atoms with Gasteiger partial charge in [-0.3, -0.25) is 0 Å². The molecule has 0 spiro atoms. The van der Waals surface area contributed by atoms with E-state index in [-0.39, 0.29) is 11.9 Å². The van der Waals surface area contributed by atoms with Crippen LogP contribution in [0.25, 0.3) is 11.4 Å². The summed E-state index contributed by atoms with van der Waals surface area (Å²) in [6.45, 7) is 0. The minimum atomic E-state index is -4.39. The molecule has 1 aliphatic rings. The summed E-state index contributed by atoms with van der Waals surface area (Å²) in [5.41, 5.74) is 5.67. The van der Waals surface area contributed by atoms with Crippen LogP contribution in [-0.4, -0.2) is 16.2 Å². The molecule has 1 fully saturated rings. The van der Waals surface area contributed by atoms with E-state index in [1.165, 1.54) is 12.1 Å². The molecule has 0 radical (unpaired) electrons. The van der Waals surface area contributed by atoms with Crippen LogP contribution in [0.5, 0.6) is 0 Å². The molecule has 2 N–H and O–H groups in total. The molecule has 0 amide bonds. The lowest BCUT2D eigenvalue weighted by atomic mass is 9.83. The van der Waals surface area contributed by atoms with Crippen LogP contribution in [0.3, 0.4) is 0 Å². The molecule has 1 aromatic carbocycles. The van der Waals surface area contributed by atoms with Gasteiger partial charge < -0.3 is 10.3 Å². The van der Waals surface area contributed by atoms with Gasteiger partial charge >= 0.3 is 6.18 Å². The first-order valence-corrected chi connectivity index (χ1v) is 7.69. The molecule has 124 valence electrons. The highest BCUT2D eigenvalue weighted by atomic mass is 19.4. The van der Waals surface area contributed by atoms with E-state index in [2.05, 4.69) is 10.1 Å². The van der Waals surface area contributed by atoms with Crippen molar-refractivity contribution in [1.82, 2.24) is 10.1 Å². The Morgan fingerprint density at radius 1 is 1.22 bits per heavy atom. The third kappa shape index (κ3) is 3.72. The van der Waals surface area contributed by atoms with Gasteiger partial charge in [0.15, 0.2) is 0 Å². The van der Waals surface area contributed by atoms with Gasteiger partial charge in [-0.2, -0.15) is 18.2 Å². The number of nitrogens with two attached hydrogens (primary N) is 1. The van der Waals surface area contributed by atoms with Crippen LogP contribution >= 0.6 is 0 Å². The lowest BCUT2D eigenvalue weighted by molar-refractivity contribution is -0.137. The minimum Gasteiger partial charge on any atom is -0.339 e. The molecule has 7 heteroatoms. The minimum absolute atomic E-state index is 0.118. The Morgan fingerprint density at radius 2 is 2.00 bits per heavy atom. The van der Waals surface area contributed by atoms with Crippen LogP contribution in [0.4, 0.5) is 13.2 Å². The SMILES string of the molecule is NC1CCCCC1Cc1nc(-c2cccc(C(F)(F)F)c2)no1. The van der Waals surface area contributed by atoms with E-state index in [1.54, 1.807) is 0 Å². The molecule has 0 aliphatic heterocycles. The van der Waals surface area contributed by atoms with Gasteiger partial charge in [0, 0.05) is 18.0 Å². The van der Waals surface area contributed by atoms with E-state index >= 15 is 0 Å². The molecule has 0 bridgehead atoms. The molecule has 23 heavy (non-hydrogen) atoms. The number of hydrogen-bond acceptors (Lipinski definition) is 4. The summed E-state index contributed by atoms with van der Waals surface area (Å²) in [5, 5.41) is 3.81. The zero-order valence-corrected chi connectivity index (χ0v) is 12.5. The van der Waals surface area contributed by atoms with Crippen molar-refractivity contribution in [3.63, 3.8) is 0 Å². The first-order chi connectivity index (χ1) is 10.9. The van der Waals surface area contributed by atoms with Crippen LogP contribution in [0.1, 0.15) is 37.1 Å². The highest BCUT2D eigenvalue weighted by Crippen LogP contribution is 2.32. The number of nitrogens with zero attached hydrogens (tertiary/aromatic N) is 2. The molecule has 1 heterocycles. The van der Waals surface area contributed by atoms with Gasteiger partial charge in [-0.05, 0) is 30.9 Å². The predicted molar refractivity (Wildman–Crippen MR) is 78.4 cm³/mol. The van der Waals surface area contributed by atoms with Gasteiger partial charge in [0.05, 0.1) is 5.56 Å². The Kier molecular flexibility index (Phi) is 4.39. The van der Waals surface area contributed by atoms with Gasteiger partial charge in [0.1, 0.15) is 0 Å². The van der Waals surface area contributed by atoms with Crippen molar-refractivity contribution >= 4 is 0 Å². The standard InChI is InChI=1S/C16H18F3N3O/c17-16(18,19)12-6-3-5-11(8-12)15-21-14(23-22-15)9-10-4-1-2-7-13(10)20/h3,5-6,8,10,13H,1-2,4,7,9,20H2. The Morgan fingerprint density at radius 3 is 2.74 bits per heavy atom. The average Bonchev–Trinajstić information content (AvgIpc) is 2.98. The largest absolute Gasteiger partial charge is 0.416 e. The molecule has 1 aromatic heterocycles. The van der Waals surface area contributed by atoms with E-state index in [4.69, 9.17) is 10.3 Å². The lowest BCUT2D eigenvalue weighted by Gasteiger charge is -2.27. The highest BCUT2D eigenvalue weighted by Gasteiger charge is 2.31. The molecular weight excluding hydrogens is 307 g/mol. The molecule has 2 unspecified atom stereocenters. The third-order valence-corrected chi connectivity index (χ3v) is 4.32. The summed E-state index contributed by atoms with van der Waals surface area (Å²) in [7, 11) is 0. The van der Waals surface area contributed by atoms with E-state index < -0.39 is 11.7 Å². The summed E-state index contributed by atoms with van der Waals surface area (Å²) in [6, 6.07) is 5.04. The van der Waals surface area contributed by atoms with Gasteiger partial charge in [-0.15, -0.1) is 0 Å². The average molecular weight is 325 g/mol. The highest BCUT2D eigenvalue weighted by molar-refractivity contribution is 5.55. The fourth-order valence-corrected chi connectivity index (χ4v) is 3.00. The number of alkyl halides is 3. The summed E-state index contributed by atoms with van der Waals surface area (Å²) in [5.74, 6) is 0.897. The lowest BCUT2D eigenvalue weighted by Crippen LogP contribution is -2.34. The fraction of sp³-hybridized carbons (Fsp3) is 0.500. The van der Waals surface area contributed by atoms with Gasteiger partial charge in [-0.1, -0.05) is 30.1 Å². The van der Waals surface area contributed by atoms with Crippen LogP contribution in [0.15, 0.2) is 28.8 Å². The smallest absolute Gasteiger partial charge is 0.339 e. The maximum Gasteiger partial charge on any atom is 0.416 e. The van der Waals surface area contributed by atoms with Gasteiger partial charge in [0.25, 0.3) is 0 Å². The summed E-state index contributed by atoms with van der Waals surface area (Å²) < 4.78 is 43.5. The van der Waals surface area contributed by atoms with E-state index in [9.17, 15) is 13.2 Å². The van der Waals surface area contributed by atoms with Crippen molar-refractivity contribution in [2.75, 3.05) is 0 Å². The van der Waals surface area contributed by atoms with Gasteiger partial charge in [-0.25, -0.2) is 0 Å². The van der Waals surface area contributed by atoms with Crippen molar-refractivity contribution in [2.24, 2.45) is 11.7 Å². The molecule has 2 aromatic rings. The molecule has 1 saturated carbocycles. The van der Waals surface area contributed by atoms with Crippen molar-refractivity contribution in [1.29, 1.82) is 0 Å². The molecule has 2 atom stereocenters. The molecular formula is C16H18F3N3O. The molecule has 4 nitrogen and oxygen atoms in total. The van der Waals surface area contributed by atoms with Crippen LogP contribution < -0.4 is 5.73 Å². The Hall–Kier alpha value is -1.89. The second-order valence-electron chi connectivity index (χ2n) is 6.00. The number of aromatic nitrogens is 2. The summed E-state index contributed by atoms with van der Waals surface area (Å²) in [4.78, 5) is 4.23. The van der Waals surface area contributed by atoms with Crippen molar-refractivity contribution in [3.05, 3.63) is 35.7 Å². The predicted octanol–water partition coefficient (Wildman–Crippen LogP) is 3.82. The number of hydrogen-bond donors (Lipinski definition) is 1. The first kappa shape index (κ1) is 16.0. The zero-order valence-electron chi connectivity index (χ0n) is 12.5. The Labute approximate surface area is 131 Å². The van der Waals surface area contributed by atoms with Crippen molar-refractivity contribution < 1.29 is 17.7 Å². The number of rotatable bonds is 3. The second kappa shape index (κ2) is 6.31. The van der Waals surface area contributed by atoms with Crippen molar-refractivity contribution in [3.8, 4) is 11.4 Å². The van der Waals surface area contributed by atoms with E-state index in [0.29, 0.717) is 23.8 Å². The number of halogens is 3. The maximum atomic E-state index is 12.8. The molecule has 1 aliphatic carbocycles. The van der Waals surface area contributed by atoms with Crippen molar-refractivity contribution in [2.45, 2.75) is 44.3 Å². The molecule has 3 rings (SSSR count). The van der Waals surface area contributed by atoms with E-state index in [0.717, 1.165) is 37.8 Å². The topological polar surface area (TPSA) is 64.9 Å². The third-order valence-electron chi connectivity index (χ3n) is 4.32. The maximum absolute atomic E-state index is 12.8. The monoisotopic (exact) mass is 325 g/mol. The Balaban J connectivity index is 1.77. The summed E-state index contributed by atoms with van der Waals surface area (Å²) >= 11 is 0. The van der Waals surface area contributed by atoms with Gasteiger partial charge in [0.2, 0.25) is 11.7 Å². The van der Waals surface area contributed by atoms with Crippen LogP contribution in [-0.2, 0) is 12.6 Å². The quantitative estimate of drug-likeness (QED) is 0.932. The summed E-state index contributed by atoms with van der Waals surface area (Å²) in [6.07, 6.45) is 0.455. The Bertz CT molecular complexity index is 669. The van der Waals surface area contributed by atoms with Crippen LogP contribution in [0, 0.1) is 5.92 Å². The fourth-order valence-electron chi connectivity index (χ4n) is 3.00. The van der Waals surface area contributed by atoms with E-state index in [1.807, 2.05) is 0 Å².